The van der Waals surface area contributed by atoms with Crippen LogP contribution in [0.3, 0.4) is 0 Å². The van der Waals surface area contributed by atoms with Gasteiger partial charge in [0.1, 0.15) is 12.2 Å². The molecule has 2 heterocycles. The van der Waals surface area contributed by atoms with Crippen LogP contribution in [0.2, 0.25) is 0 Å². The van der Waals surface area contributed by atoms with Gasteiger partial charge in [0.05, 0.1) is 19.3 Å². The number of carbonyl (C=O) groups excluding carboxylic acids is 1. The third-order valence-corrected chi connectivity index (χ3v) is 4.76. The maximum atomic E-state index is 12.6. The molecule has 6 heteroatoms. The van der Waals surface area contributed by atoms with Gasteiger partial charge in [-0.15, -0.1) is 0 Å². The molecule has 0 bridgehead atoms. The van der Waals surface area contributed by atoms with Crippen molar-refractivity contribution in [3.05, 3.63) is 42.1 Å². The molecule has 1 amide bonds. The van der Waals surface area contributed by atoms with Crippen molar-refractivity contribution in [1.29, 1.82) is 0 Å². The molecule has 0 radical (unpaired) electrons. The first kappa shape index (κ1) is 17.7. The normalized spacial score (nSPS) is 24.0. The third kappa shape index (κ3) is 3.61. The fourth-order valence-electron chi connectivity index (χ4n) is 3.26. The quantitative estimate of drug-likeness (QED) is 0.844. The summed E-state index contributed by atoms with van der Waals surface area (Å²) < 4.78 is 16.5. The van der Waals surface area contributed by atoms with E-state index in [2.05, 4.69) is 4.98 Å². The fourth-order valence-corrected chi connectivity index (χ4v) is 3.26. The van der Waals surface area contributed by atoms with Crippen LogP contribution in [0.25, 0.3) is 17.0 Å². The molecule has 1 aliphatic rings. The summed E-state index contributed by atoms with van der Waals surface area (Å²) in [5, 5.41) is 1.09. The van der Waals surface area contributed by atoms with E-state index in [1.165, 1.54) is 0 Å². The van der Waals surface area contributed by atoms with E-state index in [1.807, 2.05) is 36.5 Å². The standard InChI is InChI=1S/C19H24N2O4/c1-21(16-11-25-12-17(23-2)19(16)24-3)18(22)9-8-13-10-20-15-7-5-4-6-14(13)15/h4-10,16-17,19-20H,11-12H2,1-3H3/b9-8+/t16-,17-,19+/m1/s1. The zero-order valence-corrected chi connectivity index (χ0v) is 14.8. The minimum Gasteiger partial charge on any atom is -0.376 e. The Kier molecular flexibility index (Phi) is 5.53. The minimum absolute atomic E-state index is 0.0994. The first-order valence-electron chi connectivity index (χ1n) is 8.30. The average Bonchev–Trinajstić information content (AvgIpc) is 3.07. The molecule has 2 aromatic rings. The van der Waals surface area contributed by atoms with Crippen molar-refractivity contribution in [2.75, 3.05) is 34.5 Å². The zero-order chi connectivity index (χ0) is 17.8. The number of para-hydroxylation sites is 1. The van der Waals surface area contributed by atoms with Gasteiger partial charge in [0.25, 0.3) is 0 Å². The molecule has 1 N–H and O–H groups in total. The summed E-state index contributed by atoms with van der Waals surface area (Å²) in [6.45, 7) is 0.903. The molecular formula is C19H24N2O4. The van der Waals surface area contributed by atoms with E-state index in [1.54, 1.807) is 32.2 Å². The van der Waals surface area contributed by atoms with Crippen molar-refractivity contribution < 1.29 is 19.0 Å². The Balaban J connectivity index is 1.73. The molecule has 1 aromatic heterocycles. The summed E-state index contributed by atoms with van der Waals surface area (Å²) in [5.74, 6) is -0.0994. The van der Waals surface area contributed by atoms with Gasteiger partial charge < -0.3 is 24.1 Å². The second-order valence-corrected chi connectivity index (χ2v) is 6.15. The molecule has 1 fully saturated rings. The molecule has 0 unspecified atom stereocenters. The lowest BCUT2D eigenvalue weighted by Gasteiger charge is -2.40. The van der Waals surface area contributed by atoms with Gasteiger partial charge in [-0.3, -0.25) is 4.79 Å². The lowest BCUT2D eigenvalue weighted by atomic mass is 10.0. The molecule has 0 spiro atoms. The Morgan fingerprint density at radius 2 is 2.08 bits per heavy atom. The van der Waals surface area contributed by atoms with Crippen molar-refractivity contribution in [2.45, 2.75) is 18.2 Å². The van der Waals surface area contributed by atoms with Crippen LogP contribution >= 0.6 is 0 Å². The first-order valence-corrected chi connectivity index (χ1v) is 8.30. The van der Waals surface area contributed by atoms with Gasteiger partial charge in [-0.1, -0.05) is 18.2 Å². The lowest BCUT2D eigenvalue weighted by Crippen LogP contribution is -2.57. The van der Waals surface area contributed by atoms with Crippen LogP contribution < -0.4 is 0 Å². The lowest BCUT2D eigenvalue weighted by molar-refractivity contribution is -0.161. The highest BCUT2D eigenvalue weighted by Crippen LogP contribution is 2.21. The molecule has 0 aliphatic carbocycles. The van der Waals surface area contributed by atoms with Crippen molar-refractivity contribution in [1.82, 2.24) is 9.88 Å². The topological polar surface area (TPSA) is 63.8 Å². The highest BCUT2D eigenvalue weighted by Gasteiger charge is 2.38. The molecule has 0 saturated carbocycles. The summed E-state index contributed by atoms with van der Waals surface area (Å²) in [5.41, 5.74) is 2.03. The fraction of sp³-hybridized carbons (Fsp3) is 0.421. The molecule has 3 rings (SSSR count). The van der Waals surface area contributed by atoms with Crippen LogP contribution in [0.4, 0.5) is 0 Å². The number of ether oxygens (including phenoxy) is 3. The Morgan fingerprint density at radius 3 is 2.84 bits per heavy atom. The Labute approximate surface area is 147 Å². The summed E-state index contributed by atoms with van der Waals surface area (Å²) in [6.07, 6.45) is 4.91. The Bertz CT molecular complexity index is 755. The second-order valence-electron chi connectivity index (χ2n) is 6.15. The highest BCUT2D eigenvalue weighted by atomic mass is 16.6. The van der Waals surface area contributed by atoms with Crippen molar-refractivity contribution in [3.63, 3.8) is 0 Å². The van der Waals surface area contributed by atoms with Crippen molar-refractivity contribution in [2.24, 2.45) is 0 Å². The maximum Gasteiger partial charge on any atom is 0.246 e. The number of carbonyl (C=O) groups is 1. The minimum atomic E-state index is -0.214. The molecule has 1 aliphatic heterocycles. The summed E-state index contributed by atoms with van der Waals surface area (Å²) in [4.78, 5) is 17.5. The third-order valence-electron chi connectivity index (χ3n) is 4.76. The summed E-state index contributed by atoms with van der Waals surface area (Å²) in [7, 11) is 5.02. The highest BCUT2D eigenvalue weighted by molar-refractivity contribution is 5.96. The second kappa shape index (κ2) is 7.82. The van der Waals surface area contributed by atoms with Gasteiger partial charge in [0, 0.05) is 44.4 Å². The number of hydrogen-bond acceptors (Lipinski definition) is 4. The van der Waals surface area contributed by atoms with Crippen LogP contribution in [0.15, 0.2) is 36.5 Å². The molecule has 6 nitrogen and oxygen atoms in total. The first-order chi connectivity index (χ1) is 12.2. The summed E-state index contributed by atoms with van der Waals surface area (Å²) >= 11 is 0. The largest absolute Gasteiger partial charge is 0.376 e. The predicted octanol–water partition coefficient (Wildman–Crippen LogP) is 2.07. The number of nitrogens with one attached hydrogen (secondary N) is 1. The van der Waals surface area contributed by atoms with Gasteiger partial charge >= 0.3 is 0 Å². The molecule has 25 heavy (non-hydrogen) atoms. The van der Waals surface area contributed by atoms with Crippen LogP contribution in [0, 0.1) is 0 Å². The maximum absolute atomic E-state index is 12.6. The van der Waals surface area contributed by atoms with Crippen molar-refractivity contribution in [3.8, 4) is 0 Å². The Hall–Kier alpha value is -2.15. The Morgan fingerprint density at radius 1 is 1.28 bits per heavy atom. The number of aromatic amines is 1. The number of fused-ring (bicyclic) bond motifs is 1. The van der Waals surface area contributed by atoms with E-state index >= 15 is 0 Å². The monoisotopic (exact) mass is 344 g/mol. The van der Waals surface area contributed by atoms with E-state index in [4.69, 9.17) is 14.2 Å². The van der Waals surface area contributed by atoms with Gasteiger partial charge in [0.15, 0.2) is 0 Å². The van der Waals surface area contributed by atoms with E-state index < -0.39 is 0 Å². The van der Waals surface area contributed by atoms with E-state index in [9.17, 15) is 4.79 Å². The molecular weight excluding hydrogens is 320 g/mol. The van der Waals surface area contributed by atoms with Gasteiger partial charge in [-0.05, 0) is 17.7 Å². The number of nitrogens with zero attached hydrogens (tertiary/aromatic N) is 1. The molecule has 1 saturated heterocycles. The van der Waals surface area contributed by atoms with E-state index in [0.717, 1.165) is 16.5 Å². The molecule has 1 aromatic carbocycles. The number of aromatic nitrogens is 1. The van der Waals surface area contributed by atoms with Crippen LogP contribution in [-0.4, -0.2) is 68.5 Å². The van der Waals surface area contributed by atoms with Crippen LogP contribution in [0.5, 0.6) is 0 Å². The van der Waals surface area contributed by atoms with Gasteiger partial charge in [-0.2, -0.15) is 0 Å². The van der Waals surface area contributed by atoms with Crippen molar-refractivity contribution >= 4 is 22.9 Å². The van der Waals surface area contributed by atoms with Crippen LogP contribution in [-0.2, 0) is 19.0 Å². The number of likely N-dealkylation sites (N-methyl/N-ethyl adjacent to an activating group) is 1. The number of H-pyrrole nitrogens is 1. The van der Waals surface area contributed by atoms with E-state index in [-0.39, 0.29) is 24.2 Å². The van der Waals surface area contributed by atoms with E-state index in [0.29, 0.717) is 13.2 Å². The number of hydrogen-bond donors (Lipinski definition) is 1. The number of methoxy groups -OCH3 is 2. The predicted molar refractivity (Wildman–Crippen MR) is 96.3 cm³/mol. The average molecular weight is 344 g/mol. The van der Waals surface area contributed by atoms with Gasteiger partial charge in [0.2, 0.25) is 5.91 Å². The van der Waals surface area contributed by atoms with Crippen LogP contribution in [0.1, 0.15) is 5.56 Å². The number of amides is 1. The molecule has 3 atom stereocenters. The zero-order valence-electron chi connectivity index (χ0n) is 14.8. The summed E-state index contributed by atoms with van der Waals surface area (Å²) in [6, 6.07) is 7.80. The smallest absolute Gasteiger partial charge is 0.246 e. The van der Waals surface area contributed by atoms with Gasteiger partial charge in [-0.25, -0.2) is 0 Å². The number of benzene rings is 1. The molecule has 134 valence electrons. The number of rotatable bonds is 5. The SMILES string of the molecule is CO[C@H]1[C@H](N(C)C(=O)/C=C/c2c[nH]c3ccccc23)COC[C@H]1OC.